The van der Waals surface area contributed by atoms with Crippen LogP contribution >= 0.6 is 0 Å². The van der Waals surface area contributed by atoms with Crippen molar-refractivity contribution in [2.75, 3.05) is 65.5 Å². The molecule has 2 N–H and O–H groups in total. The largest absolute Gasteiger partial charge is 0.492 e. The molecule has 1 fully saturated rings. The summed E-state index contributed by atoms with van der Waals surface area (Å²) in [4.78, 5) is 9.80. The molecule has 0 aliphatic carbocycles. The number of ether oxygens (including phenoxy) is 1. The highest BCUT2D eigenvalue weighted by Crippen LogP contribution is 2.10. The van der Waals surface area contributed by atoms with Crippen molar-refractivity contribution in [3.05, 3.63) is 29.8 Å². The van der Waals surface area contributed by atoms with Gasteiger partial charge in [-0.3, -0.25) is 4.99 Å². The van der Waals surface area contributed by atoms with E-state index in [9.17, 15) is 0 Å². The van der Waals surface area contributed by atoms with Gasteiger partial charge in [0.05, 0.1) is 6.54 Å². The minimum atomic E-state index is 0.622. The molecule has 6 nitrogen and oxygen atoms in total. The highest BCUT2D eigenvalue weighted by Gasteiger charge is 2.14. The zero-order valence-electron chi connectivity index (χ0n) is 18.0. The number of likely N-dealkylation sites (N-methyl/N-ethyl adjacent to an activating group) is 1. The fourth-order valence-electron chi connectivity index (χ4n) is 3.28. The minimum Gasteiger partial charge on any atom is -0.492 e. The zero-order chi connectivity index (χ0) is 20.0. The van der Waals surface area contributed by atoms with E-state index in [1.54, 1.807) is 0 Å². The van der Waals surface area contributed by atoms with Gasteiger partial charge in [0.25, 0.3) is 0 Å². The molecule has 6 heteroatoms. The summed E-state index contributed by atoms with van der Waals surface area (Å²) in [5.41, 5.74) is 1.25. The van der Waals surface area contributed by atoms with E-state index in [1.165, 1.54) is 51.3 Å². The summed E-state index contributed by atoms with van der Waals surface area (Å²) in [6.07, 6.45) is 2.34. The van der Waals surface area contributed by atoms with Crippen LogP contribution in [0.1, 0.15) is 32.3 Å². The SMILES string of the molecule is CCNC(=NCCCCN1CCN(CC)CC1)NCCOc1ccc(C)cc1. The first kappa shape index (κ1) is 22.5. The molecule has 0 atom stereocenters. The summed E-state index contributed by atoms with van der Waals surface area (Å²) in [7, 11) is 0. The molecule has 0 unspecified atom stereocenters. The average molecular weight is 390 g/mol. The van der Waals surface area contributed by atoms with Crippen molar-refractivity contribution < 1.29 is 4.74 Å². The fraction of sp³-hybridized carbons (Fsp3) is 0.682. The highest BCUT2D eigenvalue weighted by atomic mass is 16.5. The quantitative estimate of drug-likeness (QED) is 0.346. The zero-order valence-corrected chi connectivity index (χ0v) is 18.0. The van der Waals surface area contributed by atoms with Crippen LogP contribution < -0.4 is 15.4 Å². The van der Waals surface area contributed by atoms with Gasteiger partial charge in [-0.25, -0.2) is 0 Å². The van der Waals surface area contributed by atoms with Crippen molar-refractivity contribution in [3.63, 3.8) is 0 Å². The average Bonchev–Trinajstić information content (AvgIpc) is 2.72. The predicted molar refractivity (Wildman–Crippen MR) is 118 cm³/mol. The number of benzene rings is 1. The molecular weight excluding hydrogens is 350 g/mol. The first-order valence-corrected chi connectivity index (χ1v) is 10.9. The maximum absolute atomic E-state index is 5.76. The molecule has 28 heavy (non-hydrogen) atoms. The fourth-order valence-corrected chi connectivity index (χ4v) is 3.28. The number of aliphatic imine (C=N–C) groups is 1. The van der Waals surface area contributed by atoms with Crippen LogP contribution in [0.4, 0.5) is 0 Å². The van der Waals surface area contributed by atoms with E-state index in [0.717, 1.165) is 37.8 Å². The van der Waals surface area contributed by atoms with Crippen LogP contribution in [0.25, 0.3) is 0 Å². The summed E-state index contributed by atoms with van der Waals surface area (Å²) in [6.45, 7) is 16.7. The van der Waals surface area contributed by atoms with Crippen LogP contribution in [-0.4, -0.2) is 81.3 Å². The van der Waals surface area contributed by atoms with Gasteiger partial charge in [0.15, 0.2) is 5.96 Å². The molecule has 0 bridgehead atoms. The molecule has 1 aliphatic heterocycles. The Bertz CT molecular complexity index is 553. The Hall–Kier alpha value is -1.79. The topological polar surface area (TPSA) is 52.1 Å². The molecule has 1 aromatic carbocycles. The maximum atomic E-state index is 5.76. The Morgan fingerprint density at radius 3 is 2.39 bits per heavy atom. The maximum Gasteiger partial charge on any atom is 0.191 e. The second-order valence-electron chi connectivity index (χ2n) is 7.33. The molecule has 2 rings (SSSR count). The summed E-state index contributed by atoms with van der Waals surface area (Å²) in [6, 6.07) is 8.16. The van der Waals surface area contributed by atoms with Gasteiger partial charge in [0.1, 0.15) is 12.4 Å². The third-order valence-electron chi connectivity index (χ3n) is 5.09. The van der Waals surface area contributed by atoms with Gasteiger partial charge < -0.3 is 25.2 Å². The van der Waals surface area contributed by atoms with Crippen molar-refractivity contribution in [2.24, 2.45) is 4.99 Å². The van der Waals surface area contributed by atoms with E-state index >= 15 is 0 Å². The van der Waals surface area contributed by atoms with Gasteiger partial charge in [0.2, 0.25) is 0 Å². The number of unbranched alkanes of at least 4 members (excludes halogenated alkanes) is 1. The van der Waals surface area contributed by atoms with Crippen molar-refractivity contribution in [2.45, 2.75) is 33.6 Å². The van der Waals surface area contributed by atoms with Gasteiger partial charge in [0, 0.05) is 39.3 Å². The van der Waals surface area contributed by atoms with E-state index in [-0.39, 0.29) is 0 Å². The summed E-state index contributed by atoms with van der Waals surface area (Å²) < 4.78 is 5.76. The van der Waals surface area contributed by atoms with Crippen LogP contribution in [0.15, 0.2) is 29.3 Å². The number of hydrogen-bond acceptors (Lipinski definition) is 4. The van der Waals surface area contributed by atoms with Gasteiger partial charge in [-0.1, -0.05) is 24.6 Å². The van der Waals surface area contributed by atoms with Crippen LogP contribution in [0, 0.1) is 6.92 Å². The van der Waals surface area contributed by atoms with E-state index in [0.29, 0.717) is 6.61 Å². The highest BCUT2D eigenvalue weighted by molar-refractivity contribution is 5.79. The second kappa shape index (κ2) is 13.4. The van der Waals surface area contributed by atoms with Crippen LogP contribution in [0.2, 0.25) is 0 Å². The van der Waals surface area contributed by atoms with Crippen molar-refractivity contribution >= 4 is 5.96 Å². The van der Waals surface area contributed by atoms with Gasteiger partial charge in [-0.2, -0.15) is 0 Å². The molecule has 0 amide bonds. The first-order valence-electron chi connectivity index (χ1n) is 10.9. The van der Waals surface area contributed by atoms with Crippen LogP contribution in [0.3, 0.4) is 0 Å². The van der Waals surface area contributed by atoms with E-state index in [4.69, 9.17) is 4.74 Å². The summed E-state index contributed by atoms with van der Waals surface area (Å²) in [5.74, 6) is 1.79. The molecule has 0 aromatic heterocycles. The lowest BCUT2D eigenvalue weighted by atomic mass is 10.2. The predicted octanol–water partition coefficient (Wildman–Crippen LogP) is 2.35. The Morgan fingerprint density at radius 1 is 1.00 bits per heavy atom. The van der Waals surface area contributed by atoms with E-state index in [1.807, 2.05) is 12.1 Å². The molecule has 1 heterocycles. The van der Waals surface area contributed by atoms with Gasteiger partial charge in [-0.15, -0.1) is 0 Å². The smallest absolute Gasteiger partial charge is 0.191 e. The van der Waals surface area contributed by atoms with Crippen molar-refractivity contribution in [1.29, 1.82) is 0 Å². The lowest BCUT2D eigenvalue weighted by Gasteiger charge is -2.33. The van der Waals surface area contributed by atoms with Crippen LogP contribution in [-0.2, 0) is 0 Å². The number of hydrogen-bond donors (Lipinski definition) is 2. The van der Waals surface area contributed by atoms with Crippen LogP contribution in [0.5, 0.6) is 5.75 Å². The van der Waals surface area contributed by atoms with E-state index < -0.39 is 0 Å². The number of piperazine rings is 1. The summed E-state index contributed by atoms with van der Waals surface area (Å²) >= 11 is 0. The molecule has 1 aromatic rings. The lowest BCUT2D eigenvalue weighted by Crippen LogP contribution is -2.46. The third-order valence-corrected chi connectivity index (χ3v) is 5.09. The summed E-state index contributed by atoms with van der Waals surface area (Å²) in [5, 5.41) is 6.66. The van der Waals surface area contributed by atoms with E-state index in [2.05, 4.69) is 58.3 Å². The molecule has 158 valence electrons. The standard InChI is InChI=1S/C22H39N5O/c1-4-23-22(25-13-19-28-21-10-8-20(3)9-11-21)24-12-6-7-14-27-17-15-26(5-2)16-18-27/h8-11H,4-7,12-19H2,1-3H3,(H2,23,24,25). The molecule has 1 saturated heterocycles. The number of guanidine groups is 1. The normalized spacial score (nSPS) is 16.2. The molecule has 0 saturated carbocycles. The number of nitrogens with one attached hydrogen (secondary N) is 2. The molecule has 0 spiro atoms. The molecular formula is C22H39N5O. The Morgan fingerprint density at radius 2 is 1.71 bits per heavy atom. The second-order valence-corrected chi connectivity index (χ2v) is 7.33. The Kier molecular flexibility index (Phi) is 10.8. The molecule has 0 radical (unpaired) electrons. The lowest BCUT2D eigenvalue weighted by molar-refractivity contribution is 0.136. The third kappa shape index (κ3) is 8.93. The van der Waals surface area contributed by atoms with Crippen molar-refractivity contribution in [1.82, 2.24) is 20.4 Å². The monoisotopic (exact) mass is 389 g/mol. The number of aryl methyl sites for hydroxylation is 1. The van der Waals surface area contributed by atoms with Gasteiger partial charge >= 0.3 is 0 Å². The number of nitrogens with zero attached hydrogens (tertiary/aromatic N) is 3. The van der Waals surface area contributed by atoms with Gasteiger partial charge in [-0.05, 0) is 51.9 Å². The number of rotatable bonds is 11. The first-order chi connectivity index (χ1) is 13.7. The van der Waals surface area contributed by atoms with Crippen molar-refractivity contribution in [3.8, 4) is 5.75 Å². The molecule has 1 aliphatic rings. The minimum absolute atomic E-state index is 0.622. The Labute approximate surface area is 171 Å². The Balaban J connectivity index is 1.57.